The summed E-state index contributed by atoms with van der Waals surface area (Å²) in [6.07, 6.45) is 0. The second-order valence-corrected chi connectivity index (χ2v) is 5.27. The van der Waals surface area contributed by atoms with Crippen LogP contribution in [0.1, 0.15) is 15.9 Å². The molecule has 0 amide bonds. The monoisotopic (exact) mass is 302 g/mol. The molecular weight excluding hydrogens is 287 g/mol. The van der Waals surface area contributed by atoms with Gasteiger partial charge >= 0.3 is 7.12 Å². The fourth-order valence-corrected chi connectivity index (χ4v) is 2.42. The number of hydrogen-bond acceptors (Lipinski definition) is 3. The molecule has 3 rings (SSSR count). The minimum absolute atomic E-state index is 0.00380. The standard InChI is InChI=1S/C19H15BO3/c21-19(16-4-2-1-3-5-16)17-8-6-14(7-9-17)15-10-12-18(13-11-15)20(22)23/h1-13,22-23H. The van der Waals surface area contributed by atoms with E-state index < -0.39 is 7.12 Å². The average molecular weight is 302 g/mol. The highest BCUT2D eigenvalue weighted by atomic mass is 16.4. The molecule has 112 valence electrons. The molecule has 0 heterocycles. The normalized spacial score (nSPS) is 10.3. The molecule has 0 bridgehead atoms. The molecule has 2 N–H and O–H groups in total. The lowest BCUT2D eigenvalue weighted by Crippen LogP contribution is -2.29. The Bertz CT molecular complexity index is 794. The lowest BCUT2D eigenvalue weighted by Gasteiger charge is -2.06. The summed E-state index contributed by atoms with van der Waals surface area (Å²) in [6, 6.07) is 23.5. The Labute approximate surface area is 135 Å². The van der Waals surface area contributed by atoms with E-state index in [0.717, 1.165) is 11.1 Å². The minimum atomic E-state index is -1.46. The van der Waals surface area contributed by atoms with E-state index in [1.54, 1.807) is 36.4 Å². The van der Waals surface area contributed by atoms with Crippen LogP contribution < -0.4 is 5.46 Å². The maximum atomic E-state index is 12.4. The van der Waals surface area contributed by atoms with Crippen LogP contribution in [0.2, 0.25) is 0 Å². The number of rotatable bonds is 4. The highest BCUT2D eigenvalue weighted by Gasteiger charge is 2.11. The zero-order chi connectivity index (χ0) is 16.2. The average Bonchev–Trinajstić information content (AvgIpc) is 2.62. The maximum absolute atomic E-state index is 12.4. The van der Waals surface area contributed by atoms with Gasteiger partial charge in [-0.05, 0) is 16.6 Å². The lowest BCUT2D eigenvalue weighted by molar-refractivity contribution is 0.103. The second kappa shape index (κ2) is 6.61. The van der Waals surface area contributed by atoms with Gasteiger partial charge in [0, 0.05) is 11.1 Å². The van der Waals surface area contributed by atoms with E-state index in [2.05, 4.69) is 0 Å². The van der Waals surface area contributed by atoms with Crippen molar-refractivity contribution in [2.24, 2.45) is 0 Å². The Hall–Kier alpha value is -2.69. The van der Waals surface area contributed by atoms with E-state index in [-0.39, 0.29) is 5.78 Å². The summed E-state index contributed by atoms with van der Waals surface area (Å²) in [5.74, 6) is -0.00380. The van der Waals surface area contributed by atoms with Crippen molar-refractivity contribution in [3.05, 3.63) is 90.0 Å². The molecule has 3 aromatic carbocycles. The summed E-state index contributed by atoms with van der Waals surface area (Å²) in [4.78, 5) is 12.4. The van der Waals surface area contributed by atoms with Gasteiger partial charge < -0.3 is 10.0 Å². The van der Waals surface area contributed by atoms with Crippen LogP contribution in [-0.4, -0.2) is 22.9 Å². The number of benzene rings is 3. The number of hydrogen-bond donors (Lipinski definition) is 2. The Morgan fingerprint density at radius 1 is 0.652 bits per heavy atom. The molecule has 0 aliphatic carbocycles. The first-order valence-corrected chi connectivity index (χ1v) is 7.31. The van der Waals surface area contributed by atoms with Crippen LogP contribution in [0.4, 0.5) is 0 Å². The van der Waals surface area contributed by atoms with E-state index in [9.17, 15) is 4.79 Å². The van der Waals surface area contributed by atoms with Gasteiger partial charge in [0.25, 0.3) is 0 Å². The van der Waals surface area contributed by atoms with Crippen molar-refractivity contribution in [3.8, 4) is 11.1 Å². The molecule has 0 saturated heterocycles. The predicted molar refractivity (Wildman–Crippen MR) is 91.6 cm³/mol. The molecule has 0 aliphatic rings. The van der Waals surface area contributed by atoms with Crippen LogP contribution in [0.5, 0.6) is 0 Å². The third kappa shape index (κ3) is 3.39. The summed E-state index contributed by atoms with van der Waals surface area (Å²) in [7, 11) is -1.46. The van der Waals surface area contributed by atoms with Gasteiger partial charge in [-0.3, -0.25) is 4.79 Å². The summed E-state index contributed by atoms with van der Waals surface area (Å²) >= 11 is 0. The molecule has 0 aromatic heterocycles. The quantitative estimate of drug-likeness (QED) is 0.574. The molecule has 0 atom stereocenters. The smallest absolute Gasteiger partial charge is 0.423 e. The lowest BCUT2D eigenvalue weighted by atomic mass is 9.80. The van der Waals surface area contributed by atoms with Crippen LogP contribution in [0.3, 0.4) is 0 Å². The van der Waals surface area contributed by atoms with Gasteiger partial charge in [0.1, 0.15) is 0 Å². The van der Waals surface area contributed by atoms with Crippen LogP contribution in [0.15, 0.2) is 78.9 Å². The molecule has 3 aromatic rings. The minimum Gasteiger partial charge on any atom is -0.423 e. The van der Waals surface area contributed by atoms with Crippen LogP contribution >= 0.6 is 0 Å². The van der Waals surface area contributed by atoms with Gasteiger partial charge in [0.15, 0.2) is 5.78 Å². The second-order valence-electron chi connectivity index (χ2n) is 5.27. The van der Waals surface area contributed by atoms with Crippen molar-refractivity contribution in [2.75, 3.05) is 0 Å². The van der Waals surface area contributed by atoms with Crippen molar-refractivity contribution in [1.82, 2.24) is 0 Å². The fraction of sp³-hybridized carbons (Fsp3) is 0. The van der Waals surface area contributed by atoms with Gasteiger partial charge in [0.2, 0.25) is 0 Å². The third-order valence-corrected chi connectivity index (χ3v) is 3.73. The first-order valence-electron chi connectivity index (χ1n) is 7.31. The fourth-order valence-electron chi connectivity index (χ4n) is 2.42. The van der Waals surface area contributed by atoms with E-state index >= 15 is 0 Å². The van der Waals surface area contributed by atoms with Crippen molar-refractivity contribution >= 4 is 18.4 Å². The van der Waals surface area contributed by atoms with E-state index in [1.165, 1.54) is 0 Å². The number of ketones is 1. The third-order valence-electron chi connectivity index (χ3n) is 3.73. The molecule has 23 heavy (non-hydrogen) atoms. The van der Waals surface area contributed by atoms with Crippen LogP contribution in [-0.2, 0) is 0 Å². The summed E-state index contributed by atoms with van der Waals surface area (Å²) in [5.41, 5.74) is 3.68. The van der Waals surface area contributed by atoms with Crippen LogP contribution in [0.25, 0.3) is 11.1 Å². The van der Waals surface area contributed by atoms with E-state index in [4.69, 9.17) is 10.0 Å². The molecular formula is C19H15BO3. The molecule has 0 aliphatic heterocycles. The molecule has 0 unspecified atom stereocenters. The molecule has 0 fully saturated rings. The van der Waals surface area contributed by atoms with Crippen molar-refractivity contribution in [2.45, 2.75) is 0 Å². The number of carbonyl (C=O) groups is 1. The predicted octanol–water partition coefficient (Wildman–Crippen LogP) is 2.26. The van der Waals surface area contributed by atoms with Crippen molar-refractivity contribution in [3.63, 3.8) is 0 Å². The van der Waals surface area contributed by atoms with Crippen LogP contribution in [0, 0.1) is 0 Å². The Balaban J connectivity index is 1.83. The maximum Gasteiger partial charge on any atom is 0.488 e. The highest BCUT2D eigenvalue weighted by Crippen LogP contribution is 2.20. The topological polar surface area (TPSA) is 57.5 Å². The summed E-state index contributed by atoms with van der Waals surface area (Å²) < 4.78 is 0. The largest absolute Gasteiger partial charge is 0.488 e. The summed E-state index contributed by atoms with van der Waals surface area (Å²) in [6.45, 7) is 0. The zero-order valence-electron chi connectivity index (χ0n) is 12.4. The SMILES string of the molecule is O=C(c1ccccc1)c1ccc(-c2ccc(B(O)O)cc2)cc1. The molecule has 0 spiro atoms. The molecule has 3 nitrogen and oxygen atoms in total. The Morgan fingerprint density at radius 2 is 1.13 bits per heavy atom. The summed E-state index contributed by atoms with van der Waals surface area (Å²) in [5, 5.41) is 18.2. The van der Waals surface area contributed by atoms with E-state index in [1.807, 2.05) is 42.5 Å². The Kier molecular flexibility index (Phi) is 4.37. The zero-order valence-corrected chi connectivity index (χ0v) is 12.4. The van der Waals surface area contributed by atoms with Gasteiger partial charge in [0.05, 0.1) is 0 Å². The molecule has 0 radical (unpaired) electrons. The molecule has 0 saturated carbocycles. The van der Waals surface area contributed by atoms with Crippen molar-refractivity contribution < 1.29 is 14.8 Å². The first-order chi connectivity index (χ1) is 11.1. The molecule has 4 heteroatoms. The van der Waals surface area contributed by atoms with Crippen molar-refractivity contribution in [1.29, 1.82) is 0 Å². The van der Waals surface area contributed by atoms with Gasteiger partial charge in [-0.1, -0.05) is 78.9 Å². The first kappa shape index (κ1) is 15.2. The highest BCUT2D eigenvalue weighted by molar-refractivity contribution is 6.58. The van der Waals surface area contributed by atoms with E-state index in [0.29, 0.717) is 16.6 Å². The number of carbonyl (C=O) groups excluding carboxylic acids is 1. The Morgan fingerprint density at radius 3 is 1.65 bits per heavy atom. The van der Waals surface area contributed by atoms with Gasteiger partial charge in [-0.15, -0.1) is 0 Å². The van der Waals surface area contributed by atoms with Gasteiger partial charge in [-0.25, -0.2) is 0 Å². The van der Waals surface area contributed by atoms with Gasteiger partial charge in [-0.2, -0.15) is 0 Å².